The lowest BCUT2D eigenvalue weighted by Gasteiger charge is -2.24. The van der Waals surface area contributed by atoms with E-state index in [-0.39, 0.29) is 37.0 Å². The minimum absolute atomic E-state index is 0.0741. The molecule has 2 rings (SSSR count). The van der Waals surface area contributed by atoms with Crippen molar-refractivity contribution in [2.75, 3.05) is 40.6 Å². The van der Waals surface area contributed by atoms with Crippen molar-refractivity contribution in [3.05, 3.63) is 12.2 Å². The molecule has 0 radical (unpaired) electrons. The van der Waals surface area contributed by atoms with E-state index in [1.807, 2.05) is 12.2 Å². The molecule has 1 fully saturated rings. The Morgan fingerprint density at radius 3 is 1.67 bits per heavy atom. The SMILES string of the molecule is COCCOC(=O)[C@@H]1[C@H](C(=O)OCCOC)[C@@H]2C=C[C@H]1C2. The molecule has 0 amide bonds. The van der Waals surface area contributed by atoms with Crippen LogP contribution < -0.4 is 0 Å². The van der Waals surface area contributed by atoms with Gasteiger partial charge in [0.2, 0.25) is 0 Å². The number of esters is 2. The zero-order valence-electron chi connectivity index (χ0n) is 12.4. The van der Waals surface area contributed by atoms with Gasteiger partial charge >= 0.3 is 11.9 Å². The van der Waals surface area contributed by atoms with E-state index in [1.165, 1.54) is 0 Å². The molecule has 4 atom stereocenters. The summed E-state index contributed by atoms with van der Waals surface area (Å²) >= 11 is 0. The second kappa shape index (κ2) is 7.56. The predicted molar refractivity (Wildman–Crippen MR) is 73.4 cm³/mol. The van der Waals surface area contributed by atoms with Crippen molar-refractivity contribution in [1.82, 2.24) is 0 Å². The summed E-state index contributed by atoms with van der Waals surface area (Å²) in [6, 6.07) is 0. The van der Waals surface area contributed by atoms with Crippen LogP contribution in [-0.2, 0) is 28.5 Å². The molecule has 2 bridgehead atoms. The van der Waals surface area contributed by atoms with E-state index >= 15 is 0 Å². The molecule has 0 aromatic rings. The molecular formula is C15H22O6. The average Bonchev–Trinajstić information content (AvgIpc) is 3.08. The second-order valence-corrected chi connectivity index (χ2v) is 5.32. The number of hydrogen-bond donors (Lipinski definition) is 0. The van der Waals surface area contributed by atoms with Crippen LogP contribution in [0.15, 0.2) is 12.2 Å². The van der Waals surface area contributed by atoms with Gasteiger partial charge in [0.15, 0.2) is 0 Å². The molecule has 21 heavy (non-hydrogen) atoms. The van der Waals surface area contributed by atoms with Crippen LogP contribution in [0.3, 0.4) is 0 Å². The normalized spacial score (nSPS) is 29.6. The zero-order valence-corrected chi connectivity index (χ0v) is 12.4. The van der Waals surface area contributed by atoms with Gasteiger partial charge in [-0.15, -0.1) is 0 Å². The third-order valence-electron chi connectivity index (χ3n) is 4.07. The summed E-state index contributed by atoms with van der Waals surface area (Å²) < 4.78 is 20.1. The Hall–Kier alpha value is -1.40. The van der Waals surface area contributed by atoms with Gasteiger partial charge in [0, 0.05) is 14.2 Å². The minimum atomic E-state index is -0.438. The van der Waals surface area contributed by atoms with Gasteiger partial charge in [-0.3, -0.25) is 9.59 Å². The first kappa shape index (κ1) is 16.0. The van der Waals surface area contributed by atoms with Crippen molar-refractivity contribution >= 4 is 11.9 Å². The lowest BCUT2D eigenvalue weighted by Crippen LogP contribution is -2.36. The number of ether oxygens (including phenoxy) is 4. The van der Waals surface area contributed by atoms with Crippen molar-refractivity contribution in [2.45, 2.75) is 6.42 Å². The van der Waals surface area contributed by atoms with E-state index in [1.54, 1.807) is 14.2 Å². The van der Waals surface area contributed by atoms with Crippen LogP contribution in [0.2, 0.25) is 0 Å². The molecule has 2 aliphatic carbocycles. The third-order valence-corrected chi connectivity index (χ3v) is 4.07. The molecule has 6 nitrogen and oxygen atoms in total. The second-order valence-electron chi connectivity index (χ2n) is 5.32. The van der Waals surface area contributed by atoms with Gasteiger partial charge in [-0.05, 0) is 18.3 Å². The van der Waals surface area contributed by atoms with Gasteiger partial charge in [0.25, 0.3) is 0 Å². The monoisotopic (exact) mass is 298 g/mol. The first-order chi connectivity index (χ1) is 10.2. The largest absolute Gasteiger partial charge is 0.463 e. The van der Waals surface area contributed by atoms with Crippen molar-refractivity contribution in [1.29, 1.82) is 0 Å². The maximum atomic E-state index is 12.2. The maximum absolute atomic E-state index is 12.2. The van der Waals surface area contributed by atoms with Crippen LogP contribution in [-0.4, -0.2) is 52.6 Å². The van der Waals surface area contributed by atoms with Gasteiger partial charge in [-0.2, -0.15) is 0 Å². The Labute approximate surface area is 124 Å². The molecule has 0 spiro atoms. The molecule has 0 aliphatic heterocycles. The fraction of sp³-hybridized carbons (Fsp3) is 0.733. The quantitative estimate of drug-likeness (QED) is 0.375. The molecular weight excluding hydrogens is 276 g/mol. The highest BCUT2D eigenvalue weighted by atomic mass is 16.6. The first-order valence-electron chi connectivity index (χ1n) is 7.18. The number of allylic oxidation sites excluding steroid dienone is 2. The highest BCUT2D eigenvalue weighted by Crippen LogP contribution is 2.48. The Bertz CT molecular complexity index is 369. The molecule has 1 saturated carbocycles. The Kier molecular flexibility index (Phi) is 5.76. The van der Waals surface area contributed by atoms with Crippen LogP contribution in [0.4, 0.5) is 0 Å². The molecule has 0 saturated heterocycles. The smallest absolute Gasteiger partial charge is 0.310 e. The van der Waals surface area contributed by atoms with Gasteiger partial charge in [-0.1, -0.05) is 12.2 Å². The number of rotatable bonds is 8. The van der Waals surface area contributed by atoms with Crippen LogP contribution in [0, 0.1) is 23.7 Å². The molecule has 2 aliphatic rings. The molecule has 0 aromatic carbocycles. The number of hydrogen-bond acceptors (Lipinski definition) is 6. The highest BCUT2D eigenvalue weighted by Gasteiger charge is 2.53. The van der Waals surface area contributed by atoms with Crippen molar-refractivity contribution < 1.29 is 28.5 Å². The zero-order chi connectivity index (χ0) is 15.2. The molecule has 0 aromatic heterocycles. The lowest BCUT2D eigenvalue weighted by atomic mass is 9.83. The summed E-state index contributed by atoms with van der Waals surface area (Å²) in [4.78, 5) is 24.4. The summed E-state index contributed by atoms with van der Waals surface area (Å²) in [6.45, 7) is 1.12. The standard InChI is InChI=1S/C15H22O6/c1-18-5-7-20-14(16)12-10-3-4-11(9-10)13(12)15(17)21-8-6-19-2/h3-4,10-13H,5-9H2,1-2H3/t10-,11+,12-,13+. The number of carbonyl (C=O) groups excluding carboxylic acids is 2. The molecule has 118 valence electrons. The van der Waals surface area contributed by atoms with E-state index in [2.05, 4.69) is 0 Å². The summed E-state index contributed by atoms with van der Waals surface area (Å²) in [7, 11) is 3.09. The van der Waals surface area contributed by atoms with E-state index in [0.29, 0.717) is 13.2 Å². The van der Waals surface area contributed by atoms with Crippen LogP contribution in [0.1, 0.15) is 6.42 Å². The van der Waals surface area contributed by atoms with Gasteiger partial charge in [-0.25, -0.2) is 0 Å². The van der Waals surface area contributed by atoms with Crippen LogP contribution in [0.25, 0.3) is 0 Å². The van der Waals surface area contributed by atoms with Gasteiger partial charge < -0.3 is 18.9 Å². The maximum Gasteiger partial charge on any atom is 0.310 e. The number of fused-ring (bicyclic) bond motifs is 2. The van der Waals surface area contributed by atoms with Crippen molar-refractivity contribution in [2.24, 2.45) is 23.7 Å². The highest BCUT2D eigenvalue weighted by molar-refractivity contribution is 5.84. The first-order valence-corrected chi connectivity index (χ1v) is 7.18. The Balaban J connectivity index is 1.95. The van der Waals surface area contributed by atoms with E-state index in [0.717, 1.165) is 6.42 Å². The fourth-order valence-electron chi connectivity index (χ4n) is 3.11. The molecule has 0 heterocycles. The molecule has 6 heteroatoms. The topological polar surface area (TPSA) is 71.1 Å². The Morgan fingerprint density at radius 2 is 1.29 bits per heavy atom. The fourth-order valence-corrected chi connectivity index (χ4v) is 3.11. The van der Waals surface area contributed by atoms with Gasteiger partial charge in [0.1, 0.15) is 13.2 Å². The van der Waals surface area contributed by atoms with Crippen LogP contribution >= 0.6 is 0 Å². The lowest BCUT2D eigenvalue weighted by molar-refractivity contribution is -0.162. The van der Waals surface area contributed by atoms with E-state index in [4.69, 9.17) is 18.9 Å². The van der Waals surface area contributed by atoms with Crippen molar-refractivity contribution in [3.8, 4) is 0 Å². The van der Waals surface area contributed by atoms with E-state index < -0.39 is 11.8 Å². The number of carbonyl (C=O) groups is 2. The van der Waals surface area contributed by atoms with Gasteiger partial charge in [0.05, 0.1) is 25.0 Å². The summed E-state index contributed by atoms with van der Waals surface area (Å²) in [5, 5.41) is 0. The van der Waals surface area contributed by atoms with Crippen molar-refractivity contribution in [3.63, 3.8) is 0 Å². The summed E-state index contributed by atoms with van der Waals surface area (Å²) in [6.07, 6.45) is 4.83. The third kappa shape index (κ3) is 3.63. The summed E-state index contributed by atoms with van der Waals surface area (Å²) in [5.41, 5.74) is 0. The predicted octanol–water partition coefficient (Wildman–Crippen LogP) is 0.804. The van der Waals surface area contributed by atoms with E-state index in [9.17, 15) is 9.59 Å². The summed E-state index contributed by atoms with van der Waals surface area (Å²) in [5.74, 6) is -1.40. The number of methoxy groups -OCH3 is 2. The molecule has 0 unspecified atom stereocenters. The minimum Gasteiger partial charge on any atom is -0.463 e. The average molecular weight is 298 g/mol. The Morgan fingerprint density at radius 1 is 0.857 bits per heavy atom. The molecule has 0 N–H and O–H groups in total. The van der Waals surface area contributed by atoms with Crippen LogP contribution in [0.5, 0.6) is 0 Å².